The number of sulfonamides is 1. The fourth-order valence-corrected chi connectivity index (χ4v) is 3.25. The molecule has 0 saturated carbocycles. The molecular weight excluding hydrogens is 308 g/mol. The van der Waals surface area contributed by atoms with E-state index in [1.54, 1.807) is 6.07 Å². The molecule has 0 saturated heterocycles. The average Bonchev–Trinajstić information content (AvgIpc) is 2.30. The molecule has 120 valence electrons. The number of rotatable bonds is 7. The highest BCUT2D eigenvalue weighted by Crippen LogP contribution is 2.24. The van der Waals surface area contributed by atoms with Crippen molar-refractivity contribution < 1.29 is 8.42 Å². The van der Waals surface area contributed by atoms with E-state index in [0.717, 1.165) is 24.8 Å². The lowest BCUT2D eigenvalue weighted by Crippen LogP contribution is -2.38. The molecule has 1 N–H and O–H groups in total. The van der Waals surface area contributed by atoms with Crippen molar-refractivity contribution in [3.63, 3.8) is 0 Å². The van der Waals surface area contributed by atoms with Crippen molar-refractivity contribution >= 4 is 27.3 Å². The first-order chi connectivity index (χ1) is 9.60. The normalized spacial score (nSPS) is 12.4. The van der Waals surface area contributed by atoms with Crippen molar-refractivity contribution in [3.8, 4) is 0 Å². The molecule has 0 heterocycles. The Morgan fingerprint density at radius 3 is 2.19 bits per heavy atom. The fourth-order valence-electron chi connectivity index (χ4n) is 2.37. The highest BCUT2D eigenvalue weighted by Gasteiger charge is 2.13. The topological polar surface area (TPSA) is 49.4 Å². The Hall–Kier alpha value is -0.780. The van der Waals surface area contributed by atoms with Gasteiger partial charge in [0.05, 0.1) is 17.0 Å². The first-order valence-corrected chi connectivity index (χ1v) is 9.39. The van der Waals surface area contributed by atoms with Gasteiger partial charge in [0, 0.05) is 18.6 Å². The largest absolute Gasteiger partial charge is 0.298 e. The molecule has 0 fully saturated rings. The van der Waals surface area contributed by atoms with Gasteiger partial charge in [0.25, 0.3) is 0 Å². The quantitative estimate of drug-likeness (QED) is 0.832. The van der Waals surface area contributed by atoms with E-state index in [1.807, 2.05) is 12.1 Å². The Bertz CT molecular complexity index is 563. The molecule has 0 radical (unpaired) electrons. The Balaban J connectivity index is 2.76. The van der Waals surface area contributed by atoms with Crippen LogP contribution in [0.15, 0.2) is 18.2 Å². The Labute approximate surface area is 133 Å². The summed E-state index contributed by atoms with van der Waals surface area (Å²) in [5, 5.41) is 0.429. The summed E-state index contributed by atoms with van der Waals surface area (Å²) in [7, 11) is -3.30. The smallest absolute Gasteiger partial charge is 0.229 e. The van der Waals surface area contributed by atoms with Gasteiger partial charge in [-0.2, -0.15) is 0 Å². The summed E-state index contributed by atoms with van der Waals surface area (Å²) in [6, 6.07) is 6.44. The van der Waals surface area contributed by atoms with Gasteiger partial charge in [-0.05, 0) is 51.8 Å². The minimum absolute atomic E-state index is 0.424. The molecule has 0 unspecified atom stereocenters. The van der Waals surface area contributed by atoms with Gasteiger partial charge >= 0.3 is 0 Å². The highest BCUT2D eigenvalue weighted by atomic mass is 35.5. The van der Waals surface area contributed by atoms with Crippen LogP contribution in [0.1, 0.15) is 33.3 Å². The van der Waals surface area contributed by atoms with Crippen molar-refractivity contribution in [2.24, 2.45) is 0 Å². The van der Waals surface area contributed by atoms with Crippen LogP contribution in [-0.2, 0) is 16.4 Å². The van der Waals surface area contributed by atoms with Crippen LogP contribution in [0, 0.1) is 0 Å². The number of anilines is 1. The van der Waals surface area contributed by atoms with E-state index < -0.39 is 10.0 Å². The van der Waals surface area contributed by atoms with Crippen LogP contribution >= 0.6 is 11.6 Å². The van der Waals surface area contributed by atoms with Crippen LogP contribution in [0.4, 0.5) is 5.69 Å². The summed E-state index contributed by atoms with van der Waals surface area (Å²) >= 11 is 6.14. The minimum Gasteiger partial charge on any atom is -0.298 e. The number of benzene rings is 1. The first kappa shape index (κ1) is 18.3. The second-order valence-corrected chi connectivity index (χ2v) is 8.02. The number of nitrogens with zero attached hydrogens (tertiary/aromatic N) is 1. The number of hydrogen-bond acceptors (Lipinski definition) is 3. The van der Waals surface area contributed by atoms with Crippen molar-refractivity contribution in [3.05, 3.63) is 28.8 Å². The molecule has 0 spiro atoms. The molecule has 0 aliphatic rings. The molecule has 0 aromatic heterocycles. The van der Waals surface area contributed by atoms with E-state index in [4.69, 9.17) is 11.6 Å². The Kier molecular flexibility index (Phi) is 6.50. The van der Waals surface area contributed by atoms with Crippen LogP contribution in [0.25, 0.3) is 0 Å². The van der Waals surface area contributed by atoms with Crippen molar-refractivity contribution in [2.45, 2.75) is 46.2 Å². The van der Waals surface area contributed by atoms with Gasteiger partial charge in [0.15, 0.2) is 0 Å². The maximum Gasteiger partial charge on any atom is 0.229 e. The van der Waals surface area contributed by atoms with Crippen molar-refractivity contribution in [2.75, 3.05) is 17.5 Å². The van der Waals surface area contributed by atoms with Crippen LogP contribution in [0.5, 0.6) is 0 Å². The third-order valence-corrected chi connectivity index (χ3v) is 4.22. The van der Waals surface area contributed by atoms with Crippen molar-refractivity contribution in [1.29, 1.82) is 0 Å². The van der Waals surface area contributed by atoms with Crippen LogP contribution < -0.4 is 4.72 Å². The lowest BCUT2D eigenvalue weighted by atomic mass is 10.1. The lowest BCUT2D eigenvalue weighted by Gasteiger charge is -2.30. The van der Waals surface area contributed by atoms with Gasteiger partial charge in [-0.25, -0.2) is 8.42 Å². The summed E-state index contributed by atoms with van der Waals surface area (Å²) in [6.07, 6.45) is 2.00. The zero-order chi connectivity index (χ0) is 16.2. The average molecular weight is 333 g/mol. The summed E-state index contributed by atoms with van der Waals surface area (Å²) in [5.74, 6) is 0. The molecule has 0 aliphatic heterocycles. The number of halogens is 1. The zero-order valence-corrected chi connectivity index (χ0v) is 14.9. The first-order valence-electron chi connectivity index (χ1n) is 7.12. The van der Waals surface area contributed by atoms with Crippen LogP contribution in [0.3, 0.4) is 0 Å². The van der Waals surface area contributed by atoms with E-state index in [-0.39, 0.29) is 0 Å². The maximum absolute atomic E-state index is 11.2. The van der Waals surface area contributed by atoms with E-state index >= 15 is 0 Å². The third-order valence-electron chi connectivity index (χ3n) is 3.31. The molecule has 0 amide bonds. The van der Waals surface area contributed by atoms with Crippen LogP contribution in [0.2, 0.25) is 5.02 Å². The summed E-state index contributed by atoms with van der Waals surface area (Å²) < 4.78 is 24.9. The van der Waals surface area contributed by atoms with Crippen molar-refractivity contribution in [1.82, 2.24) is 4.90 Å². The van der Waals surface area contributed by atoms with Gasteiger partial charge in [0.1, 0.15) is 0 Å². The van der Waals surface area contributed by atoms with E-state index in [9.17, 15) is 8.42 Å². The second-order valence-electron chi connectivity index (χ2n) is 5.86. The van der Waals surface area contributed by atoms with Crippen LogP contribution in [-0.4, -0.2) is 38.2 Å². The lowest BCUT2D eigenvalue weighted by molar-refractivity contribution is 0.177. The fraction of sp³-hybridized carbons (Fsp3) is 0.600. The van der Waals surface area contributed by atoms with Gasteiger partial charge in [-0.3, -0.25) is 9.62 Å². The van der Waals surface area contributed by atoms with Gasteiger partial charge in [-0.1, -0.05) is 17.7 Å². The van der Waals surface area contributed by atoms with Gasteiger partial charge < -0.3 is 0 Å². The minimum atomic E-state index is -3.30. The third kappa shape index (κ3) is 6.24. The van der Waals surface area contributed by atoms with Gasteiger partial charge in [-0.15, -0.1) is 0 Å². The molecule has 21 heavy (non-hydrogen) atoms. The molecule has 6 heteroatoms. The maximum atomic E-state index is 11.2. The Morgan fingerprint density at radius 2 is 1.76 bits per heavy atom. The SMILES string of the molecule is CC(C)N(CCc1ccc(NS(C)(=O)=O)c(Cl)c1)C(C)C. The number of hydrogen-bond donors (Lipinski definition) is 1. The van der Waals surface area contributed by atoms with E-state index in [1.165, 1.54) is 0 Å². The predicted octanol–water partition coefficient (Wildman–Crippen LogP) is 3.37. The molecule has 4 nitrogen and oxygen atoms in total. The highest BCUT2D eigenvalue weighted by molar-refractivity contribution is 7.92. The van der Waals surface area contributed by atoms with E-state index in [2.05, 4.69) is 37.3 Å². The molecule has 1 aromatic rings. The predicted molar refractivity (Wildman–Crippen MR) is 90.6 cm³/mol. The van der Waals surface area contributed by atoms with Gasteiger partial charge in [0.2, 0.25) is 10.0 Å². The van der Waals surface area contributed by atoms with E-state index in [0.29, 0.717) is 22.8 Å². The summed E-state index contributed by atoms with van der Waals surface area (Å²) in [6.45, 7) is 9.70. The second kappa shape index (κ2) is 7.47. The molecule has 0 aliphatic carbocycles. The molecule has 1 rings (SSSR count). The molecular formula is C15H25ClN2O2S. The standard InChI is InChI=1S/C15H25ClN2O2S/c1-11(2)18(12(3)4)9-8-13-6-7-15(14(16)10-13)17-21(5,19)20/h6-7,10-12,17H,8-9H2,1-5H3. The zero-order valence-electron chi connectivity index (χ0n) is 13.4. The summed E-state index contributed by atoms with van der Waals surface area (Å²) in [5.41, 5.74) is 1.53. The summed E-state index contributed by atoms with van der Waals surface area (Å²) in [4.78, 5) is 2.41. The molecule has 0 bridgehead atoms. The Morgan fingerprint density at radius 1 is 1.19 bits per heavy atom. The number of nitrogens with one attached hydrogen (secondary N) is 1. The molecule has 1 aromatic carbocycles. The molecule has 0 atom stereocenters. The monoisotopic (exact) mass is 332 g/mol.